The fourth-order valence-electron chi connectivity index (χ4n) is 1.92. The molecular formula is C18H18N2O2S. The van der Waals surface area contributed by atoms with Crippen LogP contribution >= 0.6 is 11.8 Å². The van der Waals surface area contributed by atoms with Crippen molar-refractivity contribution >= 4 is 35.3 Å². The number of benzene rings is 2. The van der Waals surface area contributed by atoms with Crippen molar-refractivity contribution < 1.29 is 9.59 Å². The predicted octanol–water partition coefficient (Wildman–Crippen LogP) is 3.42. The maximum Gasteiger partial charge on any atom is 0.251 e. The molecule has 0 aliphatic rings. The Morgan fingerprint density at radius 3 is 2.22 bits per heavy atom. The van der Waals surface area contributed by atoms with E-state index in [4.69, 9.17) is 0 Å². The molecule has 0 unspecified atom stereocenters. The van der Waals surface area contributed by atoms with E-state index in [0.717, 1.165) is 5.56 Å². The van der Waals surface area contributed by atoms with Gasteiger partial charge in [-0.1, -0.05) is 12.1 Å². The molecule has 2 amide bonds. The molecule has 5 heteroatoms. The molecule has 23 heavy (non-hydrogen) atoms. The zero-order valence-electron chi connectivity index (χ0n) is 13.0. The van der Waals surface area contributed by atoms with E-state index < -0.39 is 0 Å². The van der Waals surface area contributed by atoms with E-state index in [9.17, 15) is 9.59 Å². The molecule has 4 nitrogen and oxygen atoms in total. The van der Waals surface area contributed by atoms with Crippen LogP contribution in [0.5, 0.6) is 0 Å². The topological polar surface area (TPSA) is 58.2 Å². The first-order chi connectivity index (χ1) is 11.1. The Morgan fingerprint density at radius 2 is 1.65 bits per heavy atom. The van der Waals surface area contributed by atoms with Gasteiger partial charge in [-0.05, 0) is 54.3 Å². The van der Waals surface area contributed by atoms with Gasteiger partial charge in [0.15, 0.2) is 0 Å². The highest BCUT2D eigenvalue weighted by Crippen LogP contribution is 2.15. The monoisotopic (exact) mass is 326 g/mol. The first-order valence-corrected chi connectivity index (χ1v) is 8.30. The number of carbonyl (C=O) groups is 2. The molecule has 0 aliphatic carbocycles. The predicted molar refractivity (Wildman–Crippen MR) is 95.7 cm³/mol. The van der Waals surface area contributed by atoms with E-state index in [2.05, 4.69) is 10.6 Å². The lowest BCUT2D eigenvalue weighted by Crippen LogP contribution is -2.17. The number of thioether (sulfide) groups is 1. The van der Waals surface area contributed by atoms with E-state index in [1.165, 1.54) is 11.0 Å². The third-order valence-electron chi connectivity index (χ3n) is 3.18. The van der Waals surface area contributed by atoms with Gasteiger partial charge in [0.1, 0.15) is 0 Å². The minimum atomic E-state index is -0.216. The number of anilines is 1. The lowest BCUT2D eigenvalue weighted by molar-refractivity contribution is -0.111. The van der Waals surface area contributed by atoms with E-state index >= 15 is 0 Å². The van der Waals surface area contributed by atoms with Crippen molar-refractivity contribution in [3.05, 3.63) is 65.7 Å². The van der Waals surface area contributed by atoms with Gasteiger partial charge in [0, 0.05) is 29.3 Å². The quantitative estimate of drug-likeness (QED) is 0.654. The van der Waals surface area contributed by atoms with Crippen LogP contribution in [-0.2, 0) is 4.79 Å². The smallest absolute Gasteiger partial charge is 0.251 e. The highest BCUT2D eigenvalue weighted by Gasteiger charge is 2.03. The molecule has 2 aromatic carbocycles. The second kappa shape index (κ2) is 8.19. The van der Waals surface area contributed by atoms with E-state index in [1.807, 2.05) is 30.5 Å². The minimum absolute atomic E-state index is 0.156. The lowest BCUT2D eigenvalue weighted by Gasteiger charge is -2.04. The Bertz CT molecular complexity index is 707. The summed E-state index contributed by atoms with van der Waals surface area (Å²) in [6.07, 6.45) is 5.27. The van der Waals surface area contributed by atoms with Crippen LogP contribution in [0.1, 0.15) is 15.9 Å². The van der Waals surface area contributed by atoms with Crippen LogP contribution in [-0.4, -0.2) is 25.1 Å². The van der Waals surface area contributed by atoms with Crippen molar-refractivity contribution in [2.75, 3.05) is 18.6 Å². The van der Waals surface area contributed by atoms with Crippen molar-refractivity contribution in [3.63, 3.8) is 0 Å². The largest absolute Gasteiger partial charge is 0.355 e. The number of carbonyl (C=O) groups excluding carboxylic acids is 2. The number of nitrogens with one attached hydrogen (secondary N) is 2. The van der Waals surface area contributed by atoms with Crippen LogP contribution in [0.3, 0.4) is 0 Å². The molecule has 0 radical (unpaired) electrons. The molecule has 0 aromatic heterocycles. The van der Waals surface area contributed by atoms with E-state index in [1.54, 1.807) is 49.2 Å². The lowest BCUT2D eigenvalue weighted by atomic mass is 10.2. The van der Waals surface area contributed by atoms with Gasteiger partial charge in [0.25, 0.3) is 5.91 Å². The number of hydrogen-bond donors (Lipinski definition) is 2. The summed E-state index contributed by atoms with van der Waals surface area (Å²) in [7, 11) is 1.58. The summed E-state index contributed by atoms with van der Waals surface area (Å²) in [5.74, 6) is -0.372. The summed E-state index contributed by atoms with van der Waals surface area (Å²) < 4.78 is 0. The summed E-state index contributed by atoms with van der Waals surface area (Å²) in [6, 6.07) is 14.7. The average Bonchev–Trinajstić information content (AvgIpc) is 2.60. The molecule has 2 N–H and O–H groups in total. The molecule has 0 fully saturated rings. The maximum absolute atomic E-state index is 11.9. The van der Waals surface area contributed by atoms with Crippen LogP contribution < -0.4 is 10.6 Å². The standard InChI is InChI=1S/C18H18N2O2S/c1-19-18(22)14-6-8-15(9-7-14)20-17(21)12-5-13-3-10-16(23-2)11-4-13/h3-12H,1-2H3,(H,19,22)(H,20,21)/b12-5+. The van der Waals surface area contributed by atoms with Crippen LogP contribution in [0.2, 0.25) is 0 Å². The van der Waals surface area contributed by atoms with E-state index in [-0.39, 0.29) is 11.8 Å². The molecule has 0 aliphatic heterocycles. The summed E-state index contributed by atoms with van der Waals surface area (Å²) in [5.41, 5.74) is 2.16. The second-order valence-corrected chi connectivity index (χ2v) is 5.63. The number of hydrogen-bond acceptors (Lipinski definition) is 3. The first-order valence-electron chi connectivity index (χ1n) is 7.07. The normalized spacial score (nSPS) is 10.5. The Balaban J connectivity index is 1.95. The second-order valence-electron chi connectivity index (χ2n) is 4.75. The third kappa shape index (κ3) is 5.00. The SMILES string of the molecule is CNC(=O)c1ccc(NC(=O)/C=C/c2ccc(SC)cc2)cc1. The van der Waals surface area contributed by atoms with Crippen LogP contribution in [0.25, 0.3) is 6.08 Å². The molecule has 0 heterocycles. The van der Waals surface area contributed by atoms with Gasteiger partial charge in [-0.15, -0.1) is 11.8 Å². The van der Waals surface area contributed by atoms with Gasteiger partial charge in [-0.2, -0.15) is 0 Å². The molecule has 0 bridgehead atoms. The summed E-state index contributed by atoms with van der Waals surface area (Å²) >= 11 is 1.68. The molecular weight excluding hydrogens is 308 g/mol. The summed E-state index contributed by atoms with van der Waals surface area (Å²) in [5, 5.41) is 5.31. The number of rotatable bonds is 5. The highest BCUT2D eigenvalue weighted by molar-refractivity contribution is 7.98. The minimum Gasteiger partial charge on any atom is -0.355 e. The van der Waals surface area contributed by atoms with Crippen molar-refractivity contribution in [1.29, 1.82) is 0 Å². The Hall–Kier alpha value is -2.53. The van der Waals surface area contributed by atoms with Crippen molar-refractivity contribution in [2.45, 2.75) is 4.90 Å². The molecule has 0 spiro atoms. The van der Waals surface area contributed by atoms with Gasteiger partial charge in [0.05, 0.1) is 0 Å². The van der Waals surface area contributed by atoms with Crippen molar-refractivity contribution in [1.82, 2.24) is 5.32 Å². The molecule has 2 rings (SSSR count). The van der Waals surface area contributed by atoms with Crippen molar-refractivity contribution in [2.24, 2.45) is 0 Å². The maximum atomic E-state index is 11.9. The van der Waals surface area contributed by atoms with Gasteiger partial charge in [0.2, 0.25) is 5.91 Å². The summed E-state index contributed by atoms with van der Waals surface area (Å²) in [6.45, 7) is 0. The molecule has 0 atom stereocenters. The zero-order chi connectivity index (χ0) is 16.7. The van der Waals surface area contributed by atoms with Crippen LogP contribution in [0.15, 0.2) is 59.5 Å². The van der Waals surface area contributed by atoms with Crippen LogP contribution in [0, 0.1) is 0 Å². The van der Waals surface area contributed by atoms with Gasteiger partial charge < -0.3 is 10.6 Å². The molecule has 0 saturated carbocycles. The fraction of sp³-hybridized carbons (Fsp3) is 0.111. The van der Waals surface area contributed by atoms with E-state index in [0.29, 0.717) is 11.3 Å². The molecule has 118 valence electrons. The van der Waals surface area contributed by atoms with Gasteiger partial charge in [-0.3, -0.25) is 9.59 Å². The Labute approximate surface area is 140 Å². The fourth-order valence-corrected chi connectivity index (χ4v) is 2.33. The Morgan fingerprint density at radius 1 is 1.00 bits per heavy atom. The van der Waals surface area contributed by atoms with Crippen LogP contribution in [0.4, 0.5) is 5.69 Å². The first kappa shape index (κ1) is 16.8. The van der Waals surface area contributed by atoms with Gasteiger partial charge in [-0.25, -0.2) is 0 Å². The zero-order valence-corrected chi connectivity index (χ0v) is 13.8. The third-order valence-corrected chi connectivity index (χ3v) is 3.93. The molecule has 0 saturated heterocycles. The number of amides is 2. The average molecular weight is 326 g/mol. The highest BCUT2D eigenvalue weighted by atomic mass is 32.2. The summed E-state index contributed by atoms with van der Waals surface area (Å²) in [4.78, 5) is 24.5. The van der Waals surface area contributed by atoms with Crippen molar-refractivity contribution in [3.8, 4) is 0 Å². The van der Waals surface area contributed by atoms with Gasteiger partial charge >= 0.3 is 0 Å². The molecule has 2 aromatic rings. The Kier molecular flexibility index (Phi) is 6.00.